The first-order valence-corrected chi connectivity index (χ1v) is 6.18. The van der Waals surface area contributed by atoms with Gasteiger partial charge in [-0.2, -0.15) is 0 Å². The van der Waals surface area contributed by atoms with E-state index in [1.165, 1.54) is 0 Å². The third-order valence-corrected chi connectivity index (χ3v) is 2.57. The molecule has 0 saturated carbocycles. The van der Waals surface area contributed by atoms with Crippen molar-refractivity contribution in [3.05, 3.63) is 24.0 Å². The number of carbonyl (C=O) groups excluding carboxylic acids is 1. The molecule has 1 aromatic heterocycles. The number of carbonyl (C=O) groups is 1. The van der Waals surface area contributed by atoms with Crippen molar-refractivity contribution in [2.75, 3.05) is 11.9 Å². The minimum atomic E-state index is -0.110. The number of hydrogen-bond donors (Lipinski definition) is 2. The molecular formula is C13H21N3O. The van der Waals surface area contributed by atoms with Crippen molar-refractivity contribution < 1.29 is 4.79 Å². The molecule has 1 atom stereocenters. The van der Waals surface area contributed by atoms with Gasteiger partial charge in [0.1, 0.15) is 5.69 Å². The Morgan fingerprint density at radius 1 is 1.41 bits per heavy atom. The highest BCUT2D eigenvalue weighted by atomic mass is 16.1. The Bertz CT molecular complexity index is 348. The summed E-state index contributed by atoms with van der Waals surface area (Å²) in [6, 6.07) is 3.81. The maximum atomic E-state index is 11.7. The molecule has 0 spiro atoms. The fraction of sp³-hybridized carbons (Fsp3) is 0.538. The predicted molar refractivity (Wildman–Crippen MR) is 70.2 cm³/mol. The largest absolute Gasteiger partial charge is 0.384 e. The Kier molecular flexibility index (Phi) is 5.46. The third-order valence-electron chi connectivity index (χ3n) is 2.57. The zero-order valence-electron chi connectivity index (χ0n) is 10.8. The third kappa shape index (κ3) is 4.43. The number of anilines is 1. The highest BCUT2D eigenvalue weighted by molar-refractivity contribution is 5.92. The molecule has 0 saturated heterocycles. The van der Waals surface area contributed by atoms with Crippen molar-refractivity contribution in [1.82, 2.24) is 10.3 Å². The number of nitrogens with zero attached hydrogens (tertiary/aromatic N) is 1. The second kappa shape index (κ2) is 6.89. The van der Waals surface area contributed by atoms with Gasteiger partial charge in [-0.1, -0.05) is 13.8 Å². The van der Waals surface area contributed by atoms with Crippen molar-refractivity contribution in [3.8, 4) is 0 Å². The minimum absolute atomic E-state index is 0.110. The monoisotopic (exact) mass is 235 g/mol. The van der Waals surface area contributed by atoms with E-state index in [-0.39, 0.29) is 11.9 Å². The summed E-state index contributed by atoms with van der Waals surface area (Å²) in [5.41, 5.74) is 1.42. The molecule has 1 amide bonds. The van der Waals surface area contributed by atoms with E-state index >= 15 is 0 Å². The fourth-order valence-electron chi connectivity index (χ4n) is 1.30. The van der Waals surface area contributed by atoms with Gasteiger partial charge in [-0.25, -0.2) is 4.98 Å². The van der Waals surface area contributed by atoms with Crippen LogP contribution in [0.5, 0.6) is 0 Å². The Labute approximate surface area is 103 Å². The van der Waals surface area contributed by atoms with Gasteiger partial charge in [0.05, 0.1) is 11.9 Å². The summed E-state index contributed by atoms with van der Waals surface area (Å²) < 4.78 is 0. The zero-order valence-corrected chi connectivity index (χ0v) is 10.8. The van der Waals surface area contributed by atoms with Gasteiger partial charge in [0, 0.05) is 12.6 Å². The lowest BCUT2D eigenvalue weighted by molar-refractivity contribution is 0.0934. The van der Waals surface area contributed by atoms with Gasteiger partial charge in [-0.15, -0.1) is 0 Å². The summed E-state index contributed by atoms with van der Waals surface area (Å²) >= 11 is 0. The van der Waals surface area contributed by atoms with Crippen molar-refractivity contribution in [3.63, 3.8) is 0 Å². The van der Waals surface area contributed by atoms with Crippen LogP contribution in [0.3, 0.4) is 0 Å². The molecular weight excluding hydrogens is 214 g/mol. The van der Waals surface area contributed by atoms with Gasteiger partial charge in [0.15, 0.2) is 0 Å². The van der Waals surface area contributed by atoms with Crippen molar-refractivity contribution in [2.24, 2.45) is 0 Å². The van der Waals surface area contributed by atoms with Gasteiger partial charge in [0.25, 0.3) is 5.91 Å². The average molecular weight is 235 g/mol. The minimum Gasteiger partial charge on any atom is -0.384 e. The van der Waals surface area contributed by atoms with E-state index in [9.17, 15) is 4.79 Å². The number of rotatable bonds is 6. The summed E-state index contributed by atoms with van der Waals surface area (Å²) in [6.07, 6.45) is 3.68. The Morgan fingerprint density at radius 2 is 2.18 bits per heavy atom. The molecule has 1 heterocycles. The molecule has 1 unspecified atom stereocenters. The lowest BCUT2D eigenvalue weighted by atomic mass is 10.2. The Balaban J connectivity index is 2.57. The summed E-state index contributed by atoms with van der Waals surface area (Å²) in [5.74, 6) is -0.110. The molecule has 4 nitrogen and oxygen atoms in total. The molecule has 0 radical (unpaired) electrons. The lowest BCUT2D eigenvalue weighted by Gasteiger charge is -2.11. The summed E-state index contributed by atoms with van der Waals surface area (Å²) in [7, 11) is 0. The van der Waals surface area contributed by atoms with E-state index in [1.807, 2.05) is 19.9 Å². The maximum absolute atomic E-state index is 11.7. The topological polar surface area (TPSA) is 54.0 Å². The summed E-state index contributed by atoms with van der Waals surface area (Å²) in [5, 5.41) is 6.10. The first-order chi connectivity index (χ1) is 8.17. The van der Waals surface area contributed by atoms with Crippen LogP contribution < -0.4 is 10.6 Å². The van der Waals surface area contributed by atoms with E-state index < -0.39 is 0 Å². The van der Waals surface area contributed by atoms with Crippen LogP contribution in [0.15, 0.2) is 18.3 Å². The van der Waals surface area contributed by atoms with E-state index in [1.54, 1.807) is 12.3 Å². The molecule has 94 valence electrons. The number of nitrogens with one attached hydrogen (secondary N) is 2. The molecule has 1 rings (SSSR count). The van der Waals surface area contributed by atoms with Crippen LogP contribution >= 0.6 is 0 Å². The van der Waals surface area contributed by atoms with Crippen LogP contribution in [0, 0.1) is 0 Å². The van der Waals surface area contributed by atoms with Gasteiger partial charge in [-0.3, -0.25) is 4.79 Å². The molecule has 0 aliphatic rings. The van der Waals surface area contributed by atoms with Crippen molar-refractivity contribution in [1.29, 1.82) is 0 Å². The van der Waals surface area contributed by atoms with Crippen LogP contribution in [0.25, 0.3) is 0 Å². The molecule has 0 aromatic carbocycles. The molecule has 17 heavy (non-hydrogen) atoms. The average Bonchev–Trinajstić information content (AvgIpc) is 2.36. The SMILES string of the molecule is CCCNc1ccc(C(=O)NC(C)CC)nc1. The lowest BCUT2D eigenvalue weighted by Crippen LogP contribution is -2.32. The van der Waals surface area contributed by atoms with Crippen molar-refractivity contribution >= 4 is 11.6 Å². The number of amides is 1. The molecule has 0 fully saturated rings. The first kappa shape index (κ1) is 13.5. The quantitative estimate of drug-likeness (QED) is 0.796. The van der Waals surface area contributed by atoms with Crippen LogP contribution in [-0.4, -0.2) is 23.5 Å². The summed E-state index contributed by atoms with van der Waals surface area (Å²) in [6.45, 7) is 7.04. The predicted octanol–water partition coefficient (Wildman–Crippen LogP) is 2.43. The highest BCUT2D eigenvalue weighted by Gasteiger charge is 2.09. The standard InChI is InChI=1S/C13H21N3O/c1-4-8-14-11-6-7-12(15-9-11)13(17)16-10(3)5-2/h6-7,9-10,14H,4-5,8H2,1-3H3,(H,16,17). The first-order valence-electron chi connectivity index (χ1n) is 6.18. The number of hydrogen-bond acceptors (Lipinski definition) is 3. The van der Waals surface area contributed by atoms with E-state index in [2.05, 4.69) is 22.5 Å². The van der Waals surface area contributed by atoms with Gasteiger partial charge < -0.3 is 10.6 Å². The molecule has 0 aliphatic carbocycles. The molecule has 1 aromatic rings. The summed E-state index contributed by atoms with van der Waals surface area (Å²) in [4.78, 5) is 15.9. The fourth-order valence-corrected chi connectivity index (χ4v) is 1.30. The van der Waals surface area contributed by atoms with Crippen LogP contribution in [0.1, 0.15) is 44.1 Å². The van der Waals surface area contributed by atoms with E-state index in [0.29, 0.717) is 5.69 Å². The van der Waals surface area contributed by atoms with E-state index in [0.717, 1.165) is 25.1 Å². The second-order valence-corrected chi connectivity index (χ2v) is 4.14. The van der Waals surface area contributed by atoms with Crippen molar-refractivity contribution in [2.45, 2.75) is 39.7 Å². The molecule has 0 bridgehead atoms. The van der Waals surface area contributed by atoms with Crippen LogP contribution in [0.4, 0.5) is 5.69 Å². The zero-order chi connectivity index (χ0) is 12.7. The number of aromatic nitrogens is 1. The van der Waals surface area contributed by atoms with E-state index in [4.69, 9.17) is 0 Å². The Morgan fingerprint density at radius 3 is 2.71 bits per heavy atom. The van der Waals surface area contributed by atoms with Crippen LogP contribution in [0.2, 0.25) is 0 Å². The molecule has 4 heteroatoms. The molecule has 0 aliphatic heterocycles. The maximum Gasteiger partial charge on any atom is 0.270 e. The highest BCUT2D eigenvalue weighted by Crippen LogP contribution is 2.06. The van der Waals surface area contributed by atoms with Gasteiger partial charge in [0.2, 0.25) is 0 Å². The van der Waals surface area contributed by atoms with Crippen LogP contribution in [-0.2, 0) is 0 Å². The second-order valence-electron chi connectivity index (χ2n) is 4.14. The van der Waals surface area contributed by atoms with Gasteiger partial charge in [-0.05, 0) is 31.9 Å². The van der Waals surface area contributed by atoms with Gasteiger partial charge >= 0.3 is 0 Å². The smallest absolute Gasteiger partial charge is 0.270 e. The normalized spacial score (nSPS) is 11.9. The molecule has 2 N–H and O–H groups in total. The Hall–Kier alpha value is -1.58. The number of pyridine rings is 1.